The lowest BCUT2D eigenvalue weighted by Gasteiger charge is -2.12. The number of hydrogen-bond acceptors (Lipinski definition) is 3. The molecule has 0 bridgehead atoms. The van der Waals surface area contributed by atoms with Gasteiger partial charge in [0.2, 0.25) is 0 Å². The van der Waals surface area contributed by atoms with Crippen LogP contribution in [0.5, 0.6) is 5.75 Å². The van der Waals surface area contributed by atoms with Crippen molar-refractivity contribution in [3.8, 4) is 5.75 Å². The van der Waals surface area contributed by atoms with E-state index in [2.05, 4.69) is 0 Å². The van der Waals surface area contributed by atoms with Crippen LogP contribution in [0, 0.1) is 0 Å². The Morgan fingerprint density at radius 3 is 2.41 bits per heavy atom. The fraction of sp³-hybridized carbons (Fsp3) is 0.462. The van der Waals surface area contributed by atoms with Crippen molar-refractivity contribution >= 4 is 5.91 Å². The molecule has 2 N–H and O–H groups in total. The van der Waals surface area contributed by atoms with Gasteiger partial charge >= 0.3 is 0 Å². The molecule has 0 spiro atoms. The smallest absolute Gasteiger partial charge is 0.259 e. The summed E-state index contributed by atoms with van der Waals surface area (Å²) >= 11 is 0. The summed E-state index contributed by atoms with van der Waals surface area (Å²) < 4.78 is 5.37. The van der Waals surface area contributed by atoms with E-state index in [-0.39, 0.29) is 18.6 Å². The number of nitrogens with zero attached hydrogens (tertiary/aromatic N) is 1. The fourth-order valence-electron chi connectivity index (χ4n) is 1.32. The van der Waals surface area contributed by atoms with Gasteiger partial charge in [-0.2, -0.15) is 0 Å². The minimum atomic E-state index is -0.0562. The molecule has 0 heterocycles. The molecular weight excluding hydrogens is 216 g/mol. The first-order chi connectivity index (χ1) is 8.04. The van der Waals surface area contributed by atoms with Gasteiger partial charge in [0.05, 0.1) is 0 Å². The van der Waals surface area contributed by atoms with Crippen LogP contribution in [0.25, 0.3) is 0 Å². The van der Waals surface area contributed by atoms with Crippen molar-refractivity contribution in [2.75, 3.05) is 20.7 Å². The highest BCUT2D eigenvalue weighted by Crippen LogP contribution is 2.18. The van der Waals surface area contributed by atoms with E-state index in [1.807, 2.05) is 31.2 Å². The summed E-state index contributed by atoms with van der Waals surface area (Å²) in [6.07, 6.45) is 0.902. The van der Waals surface area contributed by atoms with Crippen LogP contribution in [0.2, 0.25) is 0 Å². The largest absolute Gasteiger partial charge is 0.484 e. The second kappa shape index (κ2) is 6.25. The average molecular weight is 236 g/mol. The van der Waals surface area contributed by atoms with Gasteiger partial charge in [-0.15, -0.1) is 0 Å². The Morgan fingerprint density at radius 2 is 1.94 bits per heavy atom. The monoisotopic (exact) mass is 236 g/mol. The Kier molecular flexibility index (Phi) is 4.97. The predicted molar refractivity (Wildman–Crippen MR) is 67.9 cm³/mol. The molecule has 94 valence electrons. The summed E-state index contributed by atoms with van der Waals surface area (Å²) in [6, 6.07) is 7.61. The summed E-state index contributed by atoms with van der Waals surface area (Å²) in [4.78, 5) is 12.8. The fourth-order valence-corrected chi connectivity index (χ4v) is 1.32. The molecule has 4 nitrogen and oxygen atoms in total. The first-order valence-corrected chi connectivity index (χ1v) is 5.73. The molecule has 1 amide bonds. The van der Waals surface area contributed by atoms with Gasteiger partial charge in [0.15, 0.2) is 6.61 Å². The second-order valence-electron chi connectivity index (χ2n) is 4.16. The Labute approximate surface area is 102 Å². The van der Waals surface area contributed by atoms with Gasteiger partial charge in [-0.25, -0.2) is 0 Å². The van der Waals surface area contributed by atoms with E-state index >= 15 is 0 Å². The van der Waals surface area contributed by atoms with E-state index in [9.17, 15) is 4.79 Å². The van der Waals surface area contributed by atoms with E-state index in [0.29, 0.717) is 5.75 Å². The van der Waals surface area contributed by atoms with Crippen LogP contribution in [-0.4, -0.2) is 31.5 Å². The standard InChI is InChI=1S/C13H20N2O2/c1-4-12(14)10-5-7-11(8-6-10)17-9-13(16)15(2)3/h5-8,12H,4,9,14H2,1-3H3/t12-/m1/s1. The van der Waals surface area contributed by atoms with Crippen molar-refractivity contribution in [3.63, 3.8) is 0 Å². The zero-order valence-electron chi connectivity index (χ0n) is 10.6. The molecule has 0 radical (unpaired) electrons. The van der Waals surface area contributed by atoms with Crippen molar-refractivity contribution in [1.82, 2.24) is 4.90 Å². The lowest BCUT2D eigenvalue weighted by molar-refractivity contribution is -0.130. The Hall–Kier alpha value is -1.55. The van der Waals surface area contributed by atoms with Crippen LogP contribution in [0.1, 0.15) is 24.9 Å². The molecule has 1 atom stereocenters. The normalized spacial score (nSPS) is 12.0. The summed E-state index contributed by atoms with van der Waals surface area (Å²) in [7, 11) is 3.41. The lowest BCUT2D eigenvalue weighted by Crippen LogP contribution is -2.27. The van der Waals surface area contributed by atoms with Crippen LogP contribution in [0.15, 0.2) is 24.3 Å². The molecule has 17 heavy (non-hydrogen) atoms. The zero-order chi connectivity index (χ0) is 12.8. The molecule has 0 aliphatic heterocycles. The van der Waals surface area contributed by atoms with E-state index in [0.717, 1.165) is 12.0 Å². The van der Waals surface area contributed by atoms with Crippen molar-refractivity contribution < 1.29 is 9.53 Å². The maximum atomic E-state index is 11.3. The third-order valence-corrected chi connectivity index (χ3v) is 2.61. The molecular formula is C13H20N2O2. The molecule has 0 fully saturated rings. The van der Waals surface area contributed by atoms with Gasteiger partial charge in [-0.3, -0.25) is 4.79 Å². The number of likely N-dealkylation sites (N-methyl/N-ethyl adjacent to an activating group) is 1. The molecule has 0 saturated carbocycles. The van der Waals surface area contributed by atoms with Crippen molar-refractivity contribution in [2.24, 2.45) is 5.73 Å². The average Bonchev–Trinajstić information content (AvgIpc) is 2.35. The van der Waals surface area contributed by atoms with Crippen LogP contribution < -0.4 is 10.5 Å². The predicted octanol–water partition coefficient (Wildman–Crippen LogP) is 1.56. The number of carbonyl (C=O) groups is 1. The maximum absolute atomic E-state index is 11.3. The molecule has 0 unspecified atom stereocenters. The van der Waals surface area contributed by atoms with Crippen LogP contribution in [-0.2, 0) is 4.79 Å². The number of ether oxygens (including phenoxy) is 1. The van der Waals surface area contributed by atoms with Crippen LogP contribution >= 0.6 is 0 Å². The minimum absolute atomic E-state index is 0.0562. The second-order valence-corrected chi connectivity index (χ2v) is 4.16. The number of hydrogen-bond donors (Lipinski definition) is 1. The molecule has 1 rings (SSSR count). The molecule has 0 aliphatic carbocycles. The van der Waals surface area contributed by atoms with Crippen molar-refractivity contribution in [3.05, 3.63) is 29.8 Å². The quantitative estimate of drug-likeness (QED) is 0.844. The third-order valence-electron chi connectivity index (χ3n) is 2.61. The highest BCUT2D eigenvalue weighted by Gasteiger charge is 2.06. The van der Waals surface area contributed by atoms with Gasteiger partial charge < -0.3 is 15.4 Å². The SMILES string of the molecule is CC[C@@H](N)c1ccc(OCC(=O)N(C)C)cc1. The van der Waals surface area contributed by atoms with Crippen molar-refractivity contribution in [2.45, 2.75) is 19.4 Å². The van der Waals surface area contributed by atoms with Gasteiger partial charge in [-0.05, 0) is 24.1 Å². The molecule has 0 saturated heterocycles. The number of carbonyl (C=O) groups excluding carboxylic acids is 1. The van der Waals surface area contributed by atoms with Gasteiger partial charge in [0.25, 0.3) is 5.91 Å². The van der Waals surface area contributed by atoms with E-state index in [4.69, 9.17) is 10.5 Å². The number of rotatable bonds is 5. The first-order valence-electron chi connectivity index (χ1n) is 5.73. The highest BCUT2D eigenvalue weighted by atomic mass is 16.5. The number of amides is 1. The van der Waals surface area contributed by atoms with Crippen LogP contribution in [0.4, 0.5) is 0 Å². The summed E-state index contributed by atoms with van der Waals surface area (Å²) in [5.41, 5.74) is 6.99. The van der Waals surface area contributed by atoms with Gasteiger partial charge in [0.1, 0.15) is 5.75 Å². The molecule has 0 aromatic heterocycles. The van der Waals surface area contributed by atoms with Gasteiger partial charge in [-0.1, -0.05) is 19.1 Å². The summed E-state index contributed by atoms with van der Waals surface area (Å²) in [6.45, 7) is 2.11. The molecule has 1 aromatic carbocycles. The lowest BCUT2D eigenvalue weighted by atomic mass is 10.1. The highest BCUT2D eigenvalue weighted by molar-refractivity contribution is 5.77. The Morgan fingerprint density at radius 1 is 1.35 bits per heavy atom. The molecule has 1 aromatic rings. The topological polar surface area (TPSA) is 55.6 Å². The minimum Gasteiger partial charge on any atom is -0.484 e. The third kappa shape index (κ3) is 4.07. The van der Waals surface area contributed by atoms with Gasteiger partial charge in [0, 0.05) is 20.1 Å². The zero-order valence-corrected chi connectivity index (χ0v) is 10.6. The van der Waals surface area contributed by atoms with E-state index < -0.39 is 0 Å². The first kappa shape index (κ1) is 13.5. The maximum Gasteiger partial charge on any atom is 0.259 e. The molecule has 0 aliphatic rings. The van der Waals surface area contributed by atoms with Crippen molar-refractivity contribution in [1.29, 1.82) is 0 Å². The van der Waals surface area contributed by atoms with Crippen LogP contribution in [0.3, 0.4) is 0 Å². The Bertz CT molecular complexity index is 360. The summed E-state index contributed by atoms with van der Waals surface area (Å²) in [5, 5.41) is 0. The van der Waals surface area contributed by atoms with E-state index in [1.54, 1.807) is 14.1 Å². The van der Waals surface area contributed by atoms with E-state index in [1.165, 1.54) is 4.90 Å². The number of nitrogens with two attached hydrogens (primary N) is 1. The molecule has 4 heteroatoms. The Balaban J connectivity index is 2.54. The number of benzene rings is 1. The summed E-state index contributed by atoms with van der Waals surface area (Å²) in [5.74, 6) is 0.631.